The van der Waals surface area contributed by atoms with Gasteiger partial charge in [-0.25, -0.2) is 9.67 Å². The third-order valence-electron chi connectivity index (χ3n) is 7.19. The van der Waals surface area contributed by atoms with E-state index < -0.39 is 6.36 Å². The fourth-order valence-electron chi connectivity index (χ4n) is 4.98. The van der Waals surface area contributed by atoms with Gasteiger partial charge in [0.1, 0.15) is 12.1 Å². The largest absolute Gasteiger partial charge is 0.573 e. The number of amidine groups is 1. The highest BCUT2D eigenvalue weighted by Gasteiger charge is 2.32. The SMILES string of the molecule is Cc1ccc(N2C(=O)CSC2=NC(=S)NCCCCc2cccc(-c3ncn(-c4ccc(OC(F)(F)F)cc4)n3)c2)c(C(C)C)c1. The smallest absolute Gasteiger partial charge is 0.406 e. The molecule has 1 saturated heterocycles. The minimum atomic E-state index is -4.75. The van der Waals surface area contributed by atoms with Gasteiger partial charge in [-0.1, -0.05) is 61.5 Å². The van der Waals surface area contributed by atoms with Crippen LogP contribution >= 0.6 is 24.0 Å². The molecule has 2 heterocycles. The molecule has 0 bridgehead atoms. The first-order valence-electron chi connectivity index (χ1n) is 14.8. The average Bonchev–Trinajstić information content (AvgIpc) is 3.64. The van der Waals surface area contributed by atoms with Gasteiger partial charge in [0.15, 0.2) is 16.1 Å². The molecule has 240 valence electrons. The number of ether oxygens (including phenoxy) is 1. The van der Waals surface area contributed by atoms with Crippen LogP contribution in [0.4, 0.5) is 18.9 Å². The lowest BCUT2D eigenvalue weighted by molar-refractivity contribution is -0.274. The molecule has 0 atom stereocenters. The maximum absolute atomic E-state index is 12.8. The minimum Gasteiger partial charge on any atom is -0.406 e. The predicted molar refractivity (Wildman–Crippen MR) is 180 cm³/mol. The van der Waals surface area contributed by atoms with Crippen LogP contribution in [0.5, 0.6) is 5.75 Å². The van der Waals surface area contributed by atoms with Crippen molar-refractivity contribution >= 4 is 45.9 Å². The molecule has 8 nitrogen and oxygen atoms in total. The first kappa shape index (κ1) is 33.1. The van der Waals surface area contributed by atoms with Gasteiger partial charge < -0.3 is 10.1 Å². The van der Waals surface area contributed by atoms with Crippen LogP contribution in [0.3, 0.4) is 0 Å². The van der Waals surface area contributed by atoms with Crippen LogP contribution in [0.25, 0.3) is 17.1 Å². The van der Waals surface area contributed by atoms with Gasteiger partial charge in [-0.15, -0.1) is 18.3 Å². The van der Waals surface area contributed by atoms with Crippen molar-refractivity contribution in [3.05, 3.63) is 89.7 Å². The number of halogens is 3. The third kappa shape index (κ3) is 8.52. The zero-order valence-corrected chi connectivity index (χ0v) is 27.2. The van der Waals surface area contributed by atoms with Crippen LogP contribution in [0.2, 0.25) is 0 Å². The molecule has 0 radical (unpaired) electrons. The topological polar surface area (TPSA) is 84.6 Å². The Morgan fingerprint density at radius 2 is 1.89 bits per heavy atom. The number of aromatic nitrogens is 3. The molecule has 0 unspecified atom stereocenters. The van der Waals surface area contributed by atoms with Crippen molar-refractivity contribution in [2.24, 2.45) is 4.99 Å². The Morgan fingerprint density at radius 3 is 2.63 bits per heavy atom. The first-order valence-corrected chi connectivity index (χ1v) is 16.2. The number of thiocarbonyl (C=S) groups is 1. The fraction of sp³-hybridized carbons (Fsp3) is 0.303. The number of aryl methyl sites for hydroxylation is 2. The summed E-state index contributed by atoms with van der Waals surface area (Å²) in [5.74, 6) is 0.784. The number of hydrogen-bond acceptors (Lipinski definition) is 6. The Hall–Kier alpha value is -4.23. The van der Waals surface area contributed by atoms with E-state index in [9.17, 15) is 18.0 Å². The minimum absolute atomic E-state index is 0.00452. The maximum Gasteiger partial charge on any atom is 0.573 e. The lowest BCUT2D eigenvalue weighted by Crippen LogP contribution is -2.32. The van der Waals surface area contributed by atoms with Crippen LogP contribution in [0.15, 0.2) is 78.0 Å². The van der Waals surface area contributed by atoms with Crippen LogP contribution in [0.1, 0.15) is 49.3 Å². The monoisotopic (exact) mass is 666 g/mol. The van der Waals surface area contributed by atoms with E-state index in [0.29, 0.717) is 34.1 Å². The van der Waals surface area contributed by atoms with Crippen LogP contribution in [-0.4, -0.2) is 49.6 Å². The highest BCUT2D eigenvalue weighted by Crippen LogP contribution is 2.34. The summed E-state index contributed by atoms with van der Waals surface area (Å²) >= 11 is 6.89. The van der Waals surface area contributed by atoms with Gasteiger partial charge in [-0.2, -0.15) is 4.99 Å². The summed E-state index contributed by atoms with van der Waals surface area (Å²) in [7, 11) is 0. The van der Waals surface area contributed by atoms with Gasteiger partial charge in [-0.3, -0.25) is 9.69 Å². The number of nitrogens with zero attached hydrogens (tertiary/aromatic N) is 5. The van der Waals surface area contributed by atoms with Crippen molar-refractivity contribution in [3.63, 3.8) is 0 Å². The summed E-state index contributed by atoms with van der Waals surface area (Å²) in [5, 5.41) is 8.64. The average molecular weight is 667 g/mol. The number of alkyl halides is 3. The number of unbranched alkanes of at least 4 members (excludes halogenated alkanes) is 1. The lowest BCUT2D eigenvalue weighted by atomic mass is 9.98. The van der Waals surface area contributed by atoms with Gasteiger partial charge in [0.2, 0.25) is 5.91 Å². The van der Waals surface area contributed by atoms with Crippen molar-refractivity contribution in [3.8, 4) is 22.8 Å². The van der Waals surface area contributed by atoms with Gasteiger partial charge >= 0.3 is 6.36 Å². The summed E-state index contributed by atoms with van der Waals surface area (Å²) < 4.78 is 42.7. The third-order valence-corrected chi connectivity index (χ3v) is 8.35. The summed E-state index contributed by atoms with van der Waals surface area (Å²) in [6, 6.07) is 19.5. The van der Waals surface area contributed by atoms with Crippen molar-refractivity contribution in [2.75, 3.05) is 17.2 Å². The summed E-state index contributed by atoms with van der Waals surface area (Å²) in [6.45, 7) is 6.92. The quantitative estimate of drug-likeness (QED) is 0.138. The second-order valence-electron chi connectivity index (χ2n) is 11.1. The van der Waals surface area contributed by atoms with Crippen LogP contribution in [0, 0.1) is 6.92 Å². The molecule has 1 aliphatic rings. The number of nitrogens with one attached hydrogen (secondary N) is 1. The summed E-state index contributed by atoms with van der Waals surface area (Å²) in [5.41, 5.74) is 5.62. The van der Waals surface area contributed by atoms with Crippen LogP contribution in [-0.2, 0) is 11.2 Å². The molecule has 1 aliphatic heterocycles. The number of benzene rings is 3. The van der Waals surface area contributed by atoms with Crippen molar-refractivity contribution < 1.29 is 22.7 Å². The molecule has 3 aromatic carbocycles. The maximum atomic E-state index is 12.8. The van der Waals surface area contributed by atoms with Crippen molar-refractivity contribution in [2.45, 2.75) is 52.3 Å². The van der Waals surface area contributed by atoms with Gasteiger partial charge in [0.05, 0.1) is 17.1 Å². The number of thioether (sulfide) groups is 1. The molecule has 46 heavy (non-hydrogen) atoms. The van der Waals surface area contributed by atoms with Gasteiger partial charge in [0, 0.05) is 12.1 Å². The normalized spacial score (nSPS) is 14.4. The number of carbonyl (C=O) groups is 1. The van der Waals surface area contributed by atoms with E-state index in [1.54, 1.807) is 4.90 Å². The van der Waals surface area contributed by atoms with E-state index in [2.05, 4.69) is 45.0 Å². The molecule has 1 aromatic heterocycles. The molecule has 5 rings (SSSR count). The van der Waals surface area contributed by atoms with E-state index in [4.69, 9.17) is 12.2 Å². The Kier molecular flexibility index (Phi) is 10.4. The van der Waals surface area contributed by atoms with E-state index in [0.717, 1.165) is 47.2 Å². The zero-order valence-electron chi connectivity index (χ0n) is 25.5. The van der Waals surface area contributed by atoms with Crippen LogP contribution < -0.4 is 15.0 Å². The Labute approximate surface area is 275 Å². The zero-order chi connectivity index (χ0) is 32.8. The van der Waals surface area contributed by atoms with Crippen molar-refractivity contribution in [1.82, 2.24) is 20.1 Å². The Morgan fingerprint density at radius 1 is 1.11 bits per heavy atom. The summed E-state index contributed by atoms with van der Waals surface area (Å²) in [6.07, 6.45) is -0.624. The van der Waals surface area contributed by atoms with Gasteiger partial charge in [0.25, 0.3) is 0 Å². The summed E-state index contributed by atoms with van der Waals surface area (Å²) in [4.78, 5) is 23.5. The molecule has 1 N–H and O–H groups in total. The fourth-order valence-corrected chi connectivity index (χ4v) is 6.10. The van der Waals surface area contributed by atoms with E-state index in [1.165, 1.54) is 47.0 Å². The number of hydrogen-bond donors (Lipinski definition) is 1. The molecule has 0 saturated carbocycles. The number of aliphatic imine (C=N–C) groups is 1. The second kappa shape index (κ2) is 14.5. The molecular weight excluding hydrogens is 634 g/mol. The molecule has 1 amide bonds. The molecular formula is C33H33F3N6O2S2. The van der Waals surface area contributed by atoms with Gasteiger partial charge in [-0.05, 0) is 91.8 Å². The molecule has 0 aliphatic carbocycles. The number of amides is 1. The molecule has 4 aromatic rings. The Bertz CT molecular complexity index is 1740. The first-order chi connectivity index (χ1) is 22.0. The number of rotatable bonds is 10. The van der Waals surface area contributed by atoms with E-state index in [-0.39, 0.29) is 17.6 Å². The second-order valence-corrected chi connectivity index (χ2v) is 12.4. The van der Waals surface area contributed by atoms with Crippen molar-refractivity contribution in [1.29, 1.82) is 0 Å². The lowest BCUT2D eigenvalue weighted by Gasteiger charge is -2.22. The molecule has 0 spiro atoms. The standard InChI is InChI=1S/C33H33F3N6O2S2/c1-21(2)27-17-22(3)10-15-28(27)42-29(43)19-46-32(42)39-31(45)37-16-5-4-7-23-8-6-9-24(18-23)30-38-20-41(40-30)25-11-13-26(14-12-25)44-33(34,35)36/h6,8-15,17-18,20-21H,4-5,7,16,19H2,1-3H3,(H,37,45). The van der Waals surface area contributed by atoms with E-state index in [1.807, 2.05) is 43.3 Å². The number of anilines is 1. The molecule has 13 heteroatoms. The molecule has 1 fully saturated rings. The number of carbonyl (C=O) groups excluding carboxylic acids is 1. The highest BCUT2D eigenvalue weighted by molar-refractivity contribution is 8.15. The highest BCUT2D eigenvalue weighted by atomic mass is 32.2. The van der Waals surface area contributed by atoms with E-state index >= 15 is 0 Å². The Balaban J connectivity index is 1.12. The predicted octanol–water partition coefficient (Wildman–Crippen LogP) is 7.60.